The van der Waals surface area contributed by atoms with Crippen LogP contribution in [0.4, 0.5) is 17.1 Å². The maximum absolute atomic E-state index is 13.3. The predicted molar refractivity (Wildman–Crippen MR) is 151 cm³/mol. The third kappa shape index (κ3) is 5.84. The lowest BCUT2D eigenvalue weighted by molar-refractivity contribution is 0.102. The quantitative estimate of drug-likeness (QED) is 0.142. The van der Waals surface area contributed by atoms with Crippen molar-refractivity contribution in [2.24, 2.45) is 10.2 Å². The van der Waals surface area contributed by atoms with Gasteiger partial charge in [-0.1, -0.05) is 60.5 Å². The lowest BCUT2D eigenvalue weighted by Gasteiger charge is -2.14. The number of carbonyl (C=O) groups excluding carboxylic acids is 1. The van der Waals surface area contributed by atoms with Gasteiger partial charge in [-0.05, 0) is 54.6 Å². The molecule has 202 valence electrons. The Labute approximate surface area is 234 Å². The number of nitrogens with one attached hydrogen (secondary N) is 1. The molecule has 0 aliphatic rings. The van der Waals surface area contributed by atoms with E-state index in [9.17, 15) is 22.9 Å². The molecule has 1 amide bonds. The lowest BCUT2D eigenvalue weighted by atomic mass is 10.0. The van der Waals surface area contributed by atoms with E-state index in [1.165, 1.54) is 12.1 Å². The molecular formula is C27H23Cl2N3O6S. The number of nitrogens with zero attached hydrogens (tertiary/aromatic N) is 2. The van der Waals surface area contributed by atoms with E-state index >= 15 is 0 Å². The first kappa shape index (κ1) is 28.3. The summed E-state index contributed by atoms with van der Waals surface area (Å²) in [5.41, 5.74) is 0.837. The highest BCUT2D eigenvalue weighted by Gasteiger charge is 2.22. The van der Waals surface area contributed by atoms with E-state index in [1.807, 2.05) is 0 Å². The number of azo groups is 1. The molecule has 0 saturated heterocycles. The summed E-state index contributed by atoms with van der Waals surface area (Å²) >= 11 is 12.5. The number of hydrogen-bond donors (Lipinski definition) is 3. The molecule has 0 unspecified atom stereocenters. The summed E-state index contributed by atoms with van der Waals surface area (Å²) in [4.78, 5) is 12.9. The van der Waals surface area contributed by atoms with Crippen LogP contribution in [-0.2, 0) is 16.5 Å². The van der Waals surface area contributed by atoms with Crippen molar-refractivity contribution in [1.82, 2.24) is 0 Å². The summed E-state index contributed by atoms with van der Waals surface area (Å²) in [5, 5.41) is 23.6. The smallest absolute Gasteiger partial charge is 0.296 e. The molecule has 0 aliphatic carbocycles. The number of phenolic OH excluding ortho intramolecular Hbond substituents is 1. The predicted octanol–water partition coefficient (Wildman–Crippen LogP) is 7.73. The molecule has 0 aromatic heterocycles. The van der Waals surface area contributed by atoms with Crippen molar-refractivity contribution in [3.63, 3.8) is 0 Å². The molecule has 0 heterocycles. The van der Waals surface area contributed by atoms with Gasteiger partial charge in [0, 0.05) is 5.39 Å². The second-order valence-electron chi connectivity index (χ2n) is 8.25. The average molecular weight is 588 g/mol. The normalized spacial score (nSPS) is 11.7. The summed E-state index contributed by atoms with van der Waals surface area (Å²) in [6.45, 7) is 3.85. The van der Waals surface area contributed by atoms with Gasteiger partial charge in [-0.2, -0.15) is 13.5 Å². The largest absolute Gasteiger partial charge is 0.505 e. The second kappa shape index (κ2) is 11.6. The summed E-state index contributed by atoms with van der Waals surface area (Å²) < 4.78 is 38.3. The lowest BCUT2D eigenvalue weighted by Crippen LogP contribution is -2.13. The number of halogens is 2. The van der Waals surface area contributed by atoms with Crippen LogP contribution in [0, 0.1) is 0 Å². The van der Waals surface area contributed by atoms with E-state index in [1.54, 1.807) is 56.3 Å². The standard InChI is InChI=1S/C27H23Cl2N3O6S/c1-3-16-20(12-13-22(23(16)29)39(35,36)37)31-32-24-17-9-6-5-8-15(17)14-18(25(24)33)27(34)30-21-11-7-10-19(28)26(21)38-4-2/h5-14,33H,3-4H2,1-2H3,(H,30,34)(H,35,36,37). The molecule has 0 aliphatic heterocycles. The number of aromatic hydroxyl groups is 1. The molecule has 4 aromatic carbocycles. The van der Waals surface area contributed by atoms with E-state index in [0.717, 1.165) is 6.07 Å². The van der Waals surface area contributed by atoms with Gasteiger partial charge in [0.1, 0.15) is 10.6 Å². The van der Waals surface area contributed by atoms with Crippen LogP contribution in [-0.4, -0.2) is 30.6 Å². The summed E-state index contributed by atoms with van der Waals surface area (Å²) in [5.74, 6) is -0.756. The van der Waals surface area contributed by atoms with Crippen molar-refractivity contribution in [1.29, 1.82) is 0 Å². The van der Waals surface area contributed by atoms with Crippen molar-refractivity contribution in [2.75, 3.05) is 11.9 Å². The topological polar surface area (TPSA) is 138 Å². The zero-order valence-electron chi connectivity index (χ0n) is 20.8. The maximum atomic E-state index is 13.3. The van der Waals surface area contributed by atoms with Gasteiger partial charge < -0.3 is 15.2 Å². The van der Waals surface area contributed by atoms with E-state index in [-0.39, 0.29) is 28.4 Å². The number of ether oxygens (including phenoxy) is 1. The molecule has 0 bridgehead atoms. The van der Waals surface area contributed by atoms with E-state index in [4.69, 9.17) is 27.9 Å². The molecule has 4 rings (SSSR count). The van der Waals surface area contributed by atoms with Gasteiger partial charge in [-0.25, -0.2) is 0 Å². The number of rotatable bonds is 8. The number of phenols is 1. The molecule has 0 atom stereocenters. The first-order valence-electron chi connectivity index (χ1n) is 11.7. The highest BCUT2D eigenvalue weighted by atomic mass is 35.5. The molecule has 9 nitrogen and oxygen atoms in total. The number of para-hydroxylation sites is 1. The van der Waals surface area contributed by atoms with Crippen LogP contribution in [0.15, 0.2) is 75.8 Å². The Hall–Kier alpha value is -3.70. The zero-order valence-corrected chi connectivity index (χ0v) is 23.1. The monoisotopic (exact) mass is 587 g/mol. The fraction of sp³-hybridized carbons (Fsp3) is 0.148. The van der Waals surface area contributed by atoms with E-state index < -0.39 is 26.7 Å². The van der Waals surface area contributed by atoms with Crippen molar-refractivity contribution >= 4 is 67.1 Å². The zero-order chi connectivity index (χ0) is 28.3. The van der Waals surface area contributed by atoms with Gasteiger partial charge in [0.25, 0.3) is 16.0 Å². The number of fused-ring (bicyclic) bond motifs is 1. The Balaban J connectivity index is 1.81. The number of benzene rings is 4. The van der Waals surface area contributed by atoms with Gasteiger partial charge in [-0.15, -0.1) is 5.11 Å². The number of amides is 1. The van der Waals surface area contributed by atoms with Crippen LogP contribution in [0.25, 0.3) is 10.8 Å². The Morgan fingerprint density at radius 3 is 2.46 bits per heavy atom. The third-order valence-corrected chi connectivity index (χ3v) is 7.55. The van der Waals surface area contributed by atoms with E-state index in [0.29, 0.717) is 39.4 Å². The van der Waals surface area contributed by atoms with Crippen molar-refractivity contribution < 1.29 is 27.6 Å². The summed E-state index contributed by atoms with van der Waals surface area (Å²) in [6.07, 6.45) is 0.285. The highest BCUT2D eigenvalue weighted by Crippen LogP contribution is 2.41. The first-order chi connectivity index (χ1) is 18.6. The fourth-order valence-electron chi connectivity index (χ4n) is 4.00. The summed E-state index contributed by atoms with van der Waals surface area (Å²) in [7, 11) is -4.54. The Morgan fingerprint density at radius 1 is 1.03 bits per heavy atom. The Morgan fingerprint density at radius 2 is 1.77 bits per heavy atom. The van der Waals surface area contributed by atoms with Crippen LogP contribution in [0.5, 0.6) is 11.5 Å². The highest BCUT2D eigenvalue weighted by molar-refractivity contribution is 7.86. The molecule has 39 heavy (non-hydrogen) atoms. The molecule has 0 saturated carbocycles. The van der Waals surface area contributed by atoms with E-state index in [2.05, 4.69) is 15.5 Å². The average Bonchev–Trinajstić information content (AvgIpc) is 2.89. The van der Waals surface area contributed by atoms with Crippen molar-refractivity contribution in [3.05, 3.63) is 81.8 Å². The van der Waals surface area contributed by atoms with Gasteiger partial charge in [0.15, 0.2) is 11.5 Å². The van der Waals surface area contributed by atoms with Crippen molar-refractivity contribution in [3.8, 4) is 11.5 Å². The number of carbonyl (C=O) groups is 1. The fourth-order valence-corrected chi connectivity index (χ4v) is 5.41. The van der Waals surface area contributed by atoms with Gasteiger partial charge in [0.2, 0.25) is 0 Å². The molecule has 12 heteroatoms. The van der Waals surface area contributed by atoms with Crippen LogP contribution >= 0.6 is 23.2 Å². The summed E-state index contributed by atoms with van der Waals surface area (Å²) in [6, 6.07) is 15.9. The minimum Gasteiger partial charge on any atom is -0.505 e. The van der Waals surface area contributed by atoms with Gasteiger partial charge in [-0.3, -0.25) is 9.35 Å². The van der Waals surface area contributed by atoms with Crippen LogP contribution in [0.1, 0.15) is 29.8 Å². The van der Waals surface area contributed by atoms with Crippen LogP contribution in [0.2, 0.25) is 10.0 Å². The molecule has 4 aromatic rings. The number of anilines is 1. The van der Waals surface area contributed by atoms with Crippen LogP contribution < -0.4 is 10.1 Å². The first-order valence-corrected chi connectivity index (χ1v) is 13.9. The van der Waals surface area contributed by atoms with Crippen LogP contribution in [0.3, 0.4) is 0 Å². The number of hydrogen-bond acceptors (Lipinski definition) is 7. The maximum Gasteiger partial charge on any atom is 0.296 e. The molecule has 0 radical (unpaired) electrons. The molecule has 0 fully saturated rings. The second-order valence-corrected chi connectivity index (χ2v) is 10.4. The van der Waals surface area contributed by atoms with Gasteiger partial charge in [0.05, 0.1) is 33.6 Å². The van der Waals surface area contributed by atoms with Crippen molar-refractivity contribution in [2.45, 2.75) is 25.2 Å². The van der Waals surface area contributed by atoms with Gasteiger partial charge >= 0.3 is 0 Å². The minimum atomic E-state index is -4.54. The molecular weight excluding hydrogens is 565 g/mol. The Bertz CT molecular complexity index is 1720. The third-order valence-electron chi connectivity index (χ3n) is 5.82. The minimum absolute atomic E-state index is 0.0198. The Kier molecular flexibility index (Phi) is 8.41. The molecule has 0 spiro atoms. The SMILES string of the molecule is CCOc1c(Cl)cccc1NC(=O)c1cc2ccccc2c(N=Nc2ccc(S(=O)(=O)O)c(Cl)c2CC)c1O. The molecule has 3 N–H and O–H groups in total.